The van der Waals surface area contributed by atoms with Gasteiger partial charge in [0.1, 0.15) is 5.82 Å². The zero-order valence-electron chi connectivity index (χ0n) is 8.47. The Bertz CT molecular complexity index is 507. The average molecular weight is 235 g/mol. The third-order valence-electron chi connectivity index (χ3n) is 1.79. The number of hydrogen-bond donors (Lipinski definition) is 2. The van der Waals surface area contributed by atoms with Gasteiger partial charge in [0.25, 0.3) is 5.91 Å². The van der Waals surface area contributed by atoms with Crippen molar-refractivity contribution in [3.63, 3.8) is 0 Å². The van der Waals surface area contributed by atoms with E-state index in [-0.39, 0.29) is 16.0 Å². The zero-order valence-corrected chi connectivity index (χ0v) is 9.28. The van der Waals surface area contributed by atoms with Crippen LogP contribution in [0.1, 0.15) is 15.4 Å². The van der Waals surface area contributed by atoms with Crippen LogP contribution in [0.25, 0.3) is 0 Å². The molecule has 0 saturated heterocycles. The summed E-state index contributed by atoms with van der Waals surface area (Å²) in [5, 5.41) is 10.3. The Kier molecular flexibility index (Phi) is 2.78. The molecule has 3 N–H and O–H groups in total. The molecule has 2 rings (SSSR count). The molecule has 0 spiro atoms. The van der Waals surface area contributed by atoms with Crippen molar-refractivity contribution in [1.82, 2.24) is 15.2 Å². The fourth-order valence-electron chi connectivity index (χ4n) is 1.04. The number of nitrogen functional groups attached to an aromatic ring is 1. The van der Waals surface area contributed by atoms with Gasteiger partial charge < -0.3 is 11.1 Å². The fourth-order valence-corrected chi connectivity index (χ4v) is 1.54. The highest BCUT2D eigenvalue weighted by molar-refractivity contribution is 7.16. The van der Waals surface area contributed by atoms with E-state index in [9.17, 15) is 4.79 Å². The van der Waals surface area contributed by atoms with Gasteiger partial charge in [-0.25, -0.2) is 4.98 Å². The highest BCUT2D eigenvalue weighted by atomic mass is 32.1. The molecule has 2 heterocycles. The second kappa shape index (κ2) is 4.23. The highest BCUT2D eigenvalue weighted by Gasteiger charge is 2.11. The molecule has 7 heteroatoms. The molecular weight excluding hydrogens is 226 g/mol. The lowest BCUT2D eigenvalue weighted by Gasteiger charge is -2.00. The summed E-state index contributed by atoms with van der Waals surface area (Å²) in [4.78, 5) is 15.7. The topological polar surface area (TPSA) is 93.8 Å². The SMILES string of the molecule is Cc1ccc(NC(=O)c2nnc(N)s2)nc1. The summed E-state index contributed by atoms with van der Waals surface area (Å²) in [7, 11) is 0. The van der Waals surface area contributed by atoms with Crippen LogP contribution in [-0.2, 0) is 0 Å². The summed E-state index contributed by atoms with van der Waals surface area (Å²) >= 11 is 1.03. The number of amides is 1. The van der Waals surface area contributed by atoms with E-state index in [0.29, 0.717) is 5.82 Å². The molecule has 0 aromatic carbocycles. The minimum atomic E-state index is -0.356. The maximum atomic E-state index is 11.6. The molecule has 0 aliphatic carbocycles. The van der Waals surface area contributed by atoms with E-state index in [2.05, 4.69) is 20.5 Å². The second-order valence-electron chi connectivity index (χ2n) is 3.12. The van der Waals surface area contributed by atoms with Crippen LogP contribution in [0.2, 0.25) is 0 Å². The van der Waals surface area contributed by atoms with Crippen molar-refractivity contribution in [2.24, 2.45) is 0 Å². The molecule has 0 aliphatic heterocycles. The molecule has 0 radical (unpaired) electrons. The van der Waals surface area contributed by atoms with Gasteiger partial charge in [-0.15, -0.1) is 10.2 Å². The number of nitrogens with one attached hydrogen (secondary N) is 1. The molecule has 6 nitrogen and oxygen atoms in total. The van der Waals surface area contributed by atoms with Crippen LogP contribution in [0.4, 0.5) is 10.9 Å². The quantitative estimate of drug-likeness (QED) is 0.812. The molecule has 0 bridgehead atoms. The lowest BCUT2D eigenvalue weighted by atomic mass is 10.3. The first-order valence-electron chi connectivity index (χ1n) is 4.48. The zero-order chi connectivity index (χ0) is 11.5. The number of rotatable bonds is 2. The normalized spacial score (nSPS) is 10.1. The average Bonchev–Trinajstić information content (AvgIpc) is 2.68. The number of hydrogen-bond acceptors (Lipinski definition) is 6. The number of nitrogens with zero attached hydrogens (tertiary/aromatic N) is 3. The second-order valence-corrected chi connectivity index (χ2v) is 4.13. The molecule has 1 amide bonds. The van der Waals surface area contributed by atoms with E-state index in [1.165, 1.54) is 0 Å². The van der Waals surface area contributed by atoms with Crippen LogP contribution in [-0.4, -0.2) is 21.1 Å². The summed E-state index contributed by atoms with van der Waals surface area (Å²) in [5.41, 5.74) is 6.40. The van der Waals surface area contributed by atoms with E-state index in [1.54, 1.807) is 12.3 Å². The number of pyridine rings is 1. The van der Waals surface area contributed by atoms with Gasteiger partial charge in [-0.3, -0.25) is 4.79 Å². The first kappa shape index (κ1) is 10.5. The minimum Gasteiger partial charge on any atom is -0.374 e. The van der Waals surface area contributed by atoms with Crippen molar-refractivity contribution in [2.75, 3.05) is 11.1 Å². The minimum absolute atomic E-state index is 0.222. The van der Waals surface area contributed by atoms with Crippen molar-refractivity contribution in [3.05, 3.63) is 28.9 Å². The Morgan fingerprint density at radius 2 is 2.25 bits per heavy atom. The van der Waals surface area contributed by atoms with Gasteiger partial charge in [0.15, 0.2) is 0 Å². The maximum absolute atomic E-state index is 11.6. The van der Waals surface area contributed by atoms with Gasteiger partial charge in [-0.1, -0.05) is 17.4 Å². The Morgan fingerprint density at radius 1 is 1.44 bits per heavy atom. The first-order chi connectivity index (χ1) is 7.65. The molecule has 0 fully saturated rings. The number of aromatic nitrogens is 3. The molecule has 0 aliphatic rings. The molecule has 0 atom stereocenters. The first-order valence-corrected chi connectivity index (χ1v) is 5.30. The van der Waals surface area contributed by atoms with Crippen molar-refractivity contribution >= 4 is 28.2 Å². The van der Waals surface area contributed by atoms with Gasteiger partial charge >= 0.3 is 0 Å². The molecular formula is C9H9N5OS. The van der Waals surface area contributed by atoms with E-state index >= 15 is 0 Å². The smallest absolute Gasteiger partial charge is 0.287 e. The summed E-state index contributed by atoms with van der Waals surface area (Å²) < 4.78 is 0. The third kappa shape index (κ3) is 2.31. The van der Waals surface area contributed by atoms with Crippen LogP contribution in [0.5, 0.6) is 0 Å². The summed E-state index contributed by atoms with van der Waals surface area (Å²) in [6.07, 6.45) is 1.67. The predicted molar refractivity (Wildman–Crippen MR) is 61.2 cm³/mol. The standard InChI is InChI=1S/C9H9N5OS/c1-5-2-3-6(11-4-5)12-7(15)8-13-14-9(10)16-8/h2-4H,1H3,(H2,10,14)(H,11,12,15). The van der Waals surface area contributed by atoms with Gasteiger partial charge in [0.2, 0.25) is 10.1 Å². The predicted octanol–water partition coefficient (Wildman–Crippen LogP) is 1.08. The Morgan fingerprint density at radius 3 is 2.81 bits per heavy atom. The lowest BCUT2D eigenvalue weighted by molar-refractivity contribution is 0.102. The van der Waals surface area contributed by atoms with Gasteiger partial charge in [-0.2, -0.15) is 0 Å². The van der Waals surface area contributed by atoms with Crippen LogP contribution < -0.4 is 11.1 Å². The molecule has 82 valence electrons. The van der Waals surface area contributed by atoms with Gasteiger partial charge in [0.05, 0.1) is 0 Å². The largest absolute Gasteiger partial charge is 0.374 e. The summed E-state index contributed by atoms with van der Waals surface area (Å²) in [6, 6.07) is 3.58. The van der Waals surface area contributed by atoms with E-state index < -0.39 is 0 Å². The number of nitrogens with two attached hydrogens (primary N) is 1. The fraction of sp³-hybridized carbons (Fsp3) is 0.111. The summed E-state index contributed by atoms with van der Waals surface area (Å²) in [6.45, 7) is 1.92. The maximum Gasteiger partial charge on any atom is 0.287 e. The van der Waals surface area contributed by atoms with Gasteiger partial charge in [-0.05, 0) is 18.6 Å². The van der Waals surface area contributed by atoms with Gasteiger partial charge in [0, 0.05) is 6.20 Å². The molecule has 0 saturated carbocycles. The Labute approximate surface area is 95.5 Å². The molecule has 2 aromatic heterocycles. The van der Waals surface area contributed by atoms with E-state index in [1.807, 2.05) is 13.0 Å². The number of carbonyl (C=O) groups is 1. The molecule has 0 unspecified atom stereocenters. The van der Waals surface area contributed by atoms with E-state index in [0.717, 1.165) is 16.9 Å². The van der Waals surface area contributed by atoms with Crippen LogP contribution in [0, 0.1) is 6.92 Å². The number of aryl methyl sites for hydroxylation is 1. The Hall–Kier alpha value is -2.02. The van der Waals surface area contributed by atoms with Crippen LogP contribution in [0.15, 0.2) is 18.3 Å². The summed E-state index contributed by atoms with van der Waals surface area (Å²) in [5.74, 6) is 0.120. The number of anilines is 2. The van der Waals surface area contributed by atoms with Crippen molar-refractivity contribution < 1.29 is 4.79 Å². The van der Waals surface area contributed by atoms with Crippen LogP contribution >= 0.6 is 11.3 Å². The van der Waals surface area contributed by atoms with E-state index in [4.69, 9.17) is 5.73 Å². The highest BCUT2D eigenvalue weighted by Crippen LogP contribution is 2.13. The molecule has 2 aromatic rings. The van der Waals surface area contributed by atoms with Crippen LogP contribution in [0.3, 0.4) is 0 Å². The molecule has 16 heavy (non-hydrogen) atoms. The monoisotopic (exact) mass is 235 g/mol. The lowest BCUT2D eigenvalue weighted by Crippen LogP contribution is -2.12. The Balaban J connectivity index is 2.10. The van der Waals surface area contributed by atoms with Crippen molar-refractivity contribution in [3.8, 4) is 0 Å². The van der Waals surface area contributed by atoms with Crippen molar-refractivity contribution in [1.29, 1.82) is 0 Å². The number of carbonyl (C=O) groups excluding carboxylic acids is 1. The van der Waals surface area contributed by atoms with Crippen molar-refractivity contribution in [2.45, 2.75) is 6.92 Å². The third-order valence-corrected chi connectivity index (χ3v) is 2.54.